The molecule has 4 nitrogen and oxygen atoms in total. The van der Waals surface area contributed by atoms with Gasteiger partial charge >= 0.3 is 0 Å². The predicted octanol–water partition coefficient (Wildman–Crippen LogP) is 2.05. The summed E-state index contributed by atoms with van der Waals surface area (Å²) in [5.74, 6) is 0. The fourth-order valence-electron chi connectivity index (χ4n) is 2.12. The second kappa shape index (κ2) is 8.63. The molecule has 2 rings (SSSR count). The second-order valence-corrected chi connectivity index (χ2v) is 10.9. The van der Waals surface area contributed by atoms with Crippen LogP contribution in [0.1, 0.15) is 13.3 Å². The molecule has 0 aromatic rings. The van der Waals surface area contributed by atoms with E-state index in [1.54, 1.807) is 0 Å². The Kier molecular flexibility index (Phi) is 7.54. The van der Waals surface area contributed by atoms with Crippen molar-refractivity contribution in [3.05, 3.63) is 0 Å². The summed E-state index contributed by atoms with van der Waals surface area (Å²) in [6, 6.07) is 0. The maximum Gasteiger partial charge on any atom is 0.126 e. The van der Waals surface area contributed by atoms with Crippen LogP contribution in [0.4, 0.5) is 0 Å². The summed E-state index contributed by atoms with van der Waals surface area (Å²) >= 11 is 9.30. The molecule has 2 fully saturated rings. The Morgan fingerprint density at radius 3 is 2.89 bits per heavy atom. The monoisotopic (exact) mass is 344 g/mol. The van der Waals surface area contributed by atoms with Gasteiger partial charge in [0, 0.05) is 32.8 Å². The van der Waals surface area contributed by atoms with Crippen molar-refractivity contribution in [3.63, 3.8) is 0 Å². The lowest BCUT2D eigenvalue weighted by Gasteiger charge is -2.37. The van der Waals surface area contributed by atoms with Crippen molar-refractivity contribution >= 4 is 44.2 Å². The molecule has 3 atom stereocenters. The zero-order chi connectivity index (χ0) is 13.7. The maximum atomic E-state index is 5.85. The zero-order valence-corrected chi connectivity index (χ0v) is 14.8. The first-order chi connectivity index (χ1) is 9.16. The molecule has 0 amide bonds. The quantitative estimate of drug-likeness (QED) is 0.536. The van der Waals surface area contributed by atoms with Crippen LogP contribution in [0.2, 0.25) is 0 Å². The smallest absolute Gasteiger partial charge is 0.126 e. The Hall–Kier alpha value is 1.24. The molecule has 8 heteroatoms. The van der Waals surface area contributed by atoms with Crippen LogP contribution >= 0.6 is 44.2 Å². The minimum Gasteiger partial charge on any atom is -0.380 e. The van der Waals surface area contributed by atoms with Gasteiger partial charge in [0.25, 0.3) is 0 Å². The highest BCUT2D eigenvalue weighted by molar-refractivity contribution is 9.12. The second-order valence-electron chi connectivity index (χ2n) is 4.70. The summed E-state index contributed by atoms with van der Waals surface area (Å²) in [5, 5.41) is 0.296. The van der Waals surface area contributed by atoms with Gasteiger partial charge < -0.3 is 9.47 Å². The highest BCUT2D eigenvalue weighted by atomic mass is 33.5. The Labute approximate surface area is 133 Å². The Bertz CT molecular complexity index is 265. The van der Waals surface area contributed by atoms with Gasteiger partial charge in [-0.15, -0.1) is 11.7 Å². The molecule has 0 spiro atoms. The fraction of sp³-hybridized carbons (Fsp3) is 1.00. The van der Waals surface area contributed by atoms with Crippen molar-refractivity contribution in [2.24, 2.45) is 0 Å². The molecule has 2 unspecified atom stereocenters. The number of thiol groups is 3. The molecule has 0 aliphatic carbocycles. The number of hydrogen-bond donors (Lipinski definition) is 3. The first-order valence-corrected chi connectivity index (χ1v) is 11.1. The van der Waals surface area contributed by atoms with Crippen LogP contribution in [0, 0.1) is 0 Å². The van der Waals surface area contributed by atoms with Gasteiger partial charge in [-0.3, -0.25) is 9.21 Å². The van der Waals surface area contributed by atoms with Gasteiger partial charge in [0.1, 0.15) is 5.44 Å². The molecular formula is C11H24N2O2S4. The van der Waals surface area contributed by atoms with Crippen molar-refractivity contribution in [2.75, 3.05) is 46.0 Å². The molecule has 0 aromatic carbocycles. The fourth-order valence-corrected chi connectivity index (χ4v) is 7.04. The number of rotatable bonds is 4. The summed E-state index contributed by atoms with van der Waals surface area (Å²) in [4.78, 5) is 2.35. The molecule has 0 saturated carbocycles. The first-order valence-electron chi connectivity index (χ1n) is 6.69. The number of hydrogen-bond acceptors (Lipinski definition) is 7. The molecule has 0 bridgehead atoms. The minimum atomic E-state index is -0.489. The maximum absolute atomic E-state index is 5.85. The van der Waals surface area contributed by atoms with Gasteiger partial charge in [-0.25, -0.2) is 0 Å². The van der Waals surface area contributed by atoms with Gasteiger partial charge in [-0.2, -0.15) is 12.6 Å². The van der Waals surface area contributed by atoms with E-state index in [0.717, 1.165) is 52.4 Å². The zero-order valence-electron chi connectivity index (χ0n) is 11.3. The van der Waals surface area contributed by atoms with E-state index in [1.807, 2.05) is 10.8 Å². The van der Waals surface area contributed by atoms with E-state index < -0.39 is 9.15 Å². The van der Waals surface area contributed by atoms with Gasteiger partial charge in [0.2, 0.25) is 0 Å². The molecule has 2 heterocycles. The molecular weight excluding hydrogens is 320 g/mol. The van der Waals surface area contributed by atoms with E-state index in [9.17, 15) is 0 Å². The van der Waals surface area contributed by atoms with Crippen molar-refractivity contribution in [1.82, 2.24) is 9.21 Å². The summed E-state index contributed by atoms with van der Waals surface area (Å²) in [6.07, 6.45) is 1.10. The van der Waals surface area contributed by atoms with Crippen molar-refractivity contribution in [3.8, 4) is 0 Å². The van der Waals surface area contributed by atoms with Crippen LogP contribution in [-0.2, 0) is 9.47 Å². The van der Waals surface area contributed by atoms with Gasteiger partial charge in [0.15, 0.2) is 0 Å². The predicted molar refractivity (Wildman–Crippen MR) is 92.3 cm³/mol. The van der Waals surface area contributed by atoms with Crippen molar-refractivity contribution < 1.29 is 9.47 Å². The summed E-state index contributed by atoms with van der Waals surface area (Å²) < 4.78 is 13.8. The number of morpholine rings is 1. The average Bonchev–Trinajstić information content (AvgIpc) is 2.68. The van der Waals surface area contributed by atoms with Crippen LogP contribution in [0.5, 0.6) is 0 Å². The van der Waals surface area contributed by atoms with Crippen LogP contribution in [-0.4, -0.2) is 66.0 Å². The molecule has 19 heavy (non-hydrogen) atoms. The Balaban J connectivity index is 1.78. The van der Waals surface area contributed by atoms with E-state index >= 15 is 0 Å². The van der Waals surface area contributed by atoms with E-state index in [4.69, 9.17) is 21.1 Å². The number of nitrogens with zero attached hydrogens (tertiary/aromatic N) is 2. The molecule has 0 N–H and O–H groups in total. The third-order valence-corrected chi connectivity index (χ3v) is 8.74. The summed E-state index contributed by atoms with van der Waals surface area (Å²) in [7, 11) is 1.37. The lowest BCUT2D eigenvalue weighted by molar-refractivity contribution is 0.0166. The first kappa shape index (κ1) is 16.6. The lowest BCUT2D eigenvalue weighted by atomic mass is 10.4. The van der Waals surface area contributed by atoms with Gasteiger partial charge in [-0.1, -0.05) is 19.9 Å². The molecule has 2 aliphatic heterocycles. The Morgan fingerprint density at radius 1 is 1.26 bits per heavy atom. The van der Waals surface area contributed by atoms with Crippen LogP contribution in [0.15, 0.2) is 0 Å². The van der Waals surface area contributed by atoms with Crippen LogP contribution in [0.25, 0.3) is 0 Å². The summed E-state index contributed by atoms with van der Waals surface area (Å²) in [6.45, 7) is 8.61. The van der Waals surface area contributed by atoms with E-state index in [0.29, 0.717) is 5.37 Å². The summed E-state index contributed by atoms with van der Waals surface area (Å²) in [5.41, 5.74) is 0.219. The number of ether oxygens (including phenoxy) is 2. The average molecular weight is 345 g/mol. The standard InChI is InChI=1S/C11H24N2O2S4/c1-10(16)12-4-8-15-11(9-12)18-19(17)13-3-2-6-14-7-5-13/h10-11,16-17,19H,2-9H2,1H3/t10-,11?/m0/s1. The largest absolute Gasteiger partial charge is 0.380 e. The van der Waals surface area contributed by atoms with Crippen molar-refractivity contribution in [1.29, 1.82) is 0 Å². The third-order valence-electron chi connectivity index (χ3n) is 3.25. The highest BCUT2D eigenvalue weighted by Crippen LogP contribution is 2.51. The molecule has 2 aliphatic rings. The normalized spacial score (nSPS) is 31.7. The van der Waals surface area contributed by atoms with Crippen molar-refractivity contribution in [2.45, 2.75) is 24.2 Å². The molecule has 0 aromatic heterocycles. The molecule has 2 saturated heterocycles. The van der Waals surface area contributed by atoms with Gasteiger partial charge in [0.05, 0.1) is 18.6 Å². The van der Waals surface area contributed by atoms with Crippen LogP contribution < -0.4 is 0 Å². The topological polar surface area (TPSA) is 24.9 Å². The highest BCUT2D eigenvalue weighted by Gasteiger charge is 2.26. The van der Waals surface area contributed by atoms with E-state index in [2.05, 4.69) is 28.8 Å². The Morgan fingerprint density at radius 2 is 2.11 bits per heavy atom. The van der Waals surface area contributed by atoms with E-state index in [-0.39, 0.29) is 5.44 Å². The SMILES string of the molecule is C[C@H](S)N1CCOC(S[SH](S)N2CCCOCC2)C1. The van der Waals surface area contributed by atoms with Crippen LogP contribution in [0.3, 0.4) is 0 Å². The lowest BCUT2D eigenvalue weighted by Crippen LogP contribution is -2.43. The molecule has 0 radical (unpaired) electrons. The molecule has 114 valence electrons. The van der Waals surface area contributed by atoms with Gasteiger partial charge in [-0.05, 0) is 13.3 Å². The van der Waals surface area contributed by atoms with E-state index in [1.165, 1.54) is 0 Å². The third kappa shape index (κ3) is 5.50. The minimum absolute atomic E-state index is 0.219.